The molecule has 4 nitrogen and oxygen atoms in total. The average molecular weight is 299 g/mol. The Balaban J connectivity index is 1.94. The van der Waals surface area contributed by atoms with E-state index in [0.29, 0.717) is 0 Å². The van der Waals surface area contributed by atoms with Gasteiger partial charge in [-0.1, -0.05) is 18.2 Å². The van der Waals surface area contributed by atoms with Crippen LogP contribution in [-0.4, -0.2) is 24.2 Å². The number of methoxy groups -OCH3 is 1. The molecule has 2 aromatic rings. The monoisotopic (exact) mass is 299 g/mol. The van der Waals surface area contributed by atoms with Gasteiger partial charge in [-0.05, 0) is 47.6 Å². The number of amidine groups is 1. The summed E-state index contributed by atoms with van der Waals surface area (Å²) in [6.07, 6.45) is 4.11. The highest BCUT2D eigenvalue weighted by molar-refractivity contribution is 5.72. The lowest BCUT2D eigenvalue weighted by molar-refractivity contribution is 0.388. The Morgan fingerprint density at radius 2 is 2.27 bits per heavy atom. The van der Waals surface area contributed by atoms with Crippen LogP contribution in [0.2, 0.25) is 0 Å². The van der Waals surface area contributed by atoms with Crippen molar-refractivity contribution in [3.63, 3.8) is 0 Å². The lowest BCUT2D eigenvalue weighted by atomic mass is 9.84. The highest BCUT2D eigenvalue weighted by Crippen LogP contribution is 2.32. The first kappa shape index (κ1) is 14.5. The van der Waals surface area contributed by atoms with Crippen LogP contribution in [0, 0.1) is 5.95 Å². The first-order valence-electron chi connectivity index (χ1n) is 7.27. The van der Waals surface area contributed by atoms with Crippen molar-refractivity contribution in [3.05, 3.63) is 53.6 Å². The number of benzene rings is 1. The largest absolute Gasteiger partial charge is 0.469 e. The molecule has 1 atom stereocenters. The normalized spacial score (nSPS) is 17.9. The van der Waals surface area contributed by atoms with Crippen LogP contribution in [0.3, 0.4) is 0 Å². The molecule has 0 fully saturated rings. The van der Waals surface area contributed by atoms with Gasteiger partial charge in [-0.3, -0.25) is 0 Å². The molecule has 0 saturated heterocycles. The number of hydrogen-bond donors (Lipinski definition) is 1. The topological polar surface area (TPSA) is 60.5 Å². The summed E-state index contributed by atoms with van der Waals surface area (Å²) >= 11 is 0. The Morgan fingerprint density at radius 1 is 1.41 bits per heavy atom. The molecular formula is C17H18FN3O. The third kappa shape index (κ3) is 2.93. The smallest absolute Gasteiger partial charge is 0.281 e. The van der Waals surface area contributed by atoms with E-state index in [0.717, 1.165) is 30.4 Å². The molecule has 1 aromatic carbocycles. The van der Waals surface area contributed by atoms with Crippen molar-refractivity contribution in [2.24, 2.45) is 10.7 Å². The lowest BCUT2D eigenvalue weighted by Crippen LogP contribution is -2.23. The van der Waals surface area contributed by atoms with Crippen molar-refractivity contribution in [1.82, 2.24) is 4.98 Å². The van der Waals surface area contributed by atoms with E-state index in [1.807, 2.05) is 18.2 Å². The van der Waals surface area contributed by atoms with Gasteiger partial charge in [0, 0.05) is 12.3 Å². The molecule has 3 rings (SSSR count). The molecule has 1 aromatic heterocycles. The number of fused-ring (bicyclic) bond motifs is 1. The third-order valence-electron chi connectivity index (χ3n) is 4.01. The Kier molecular flexibility index (Phi) is 4.04. The van der Waals surface area contributed by atoms with Crippen LogP contribution in [0.5, 0.6) is 0 Å². The summed E-state index contributed by atoms with van der Waals surface area (Å²) in [5.41, 5.74) is 10.1. The van der Waals surface area contributed by atoms with Crippen LogP contribution in [0.25, 0.3) is 11.1 Å². The van der Waals surface area contributed by atoms with E-state index >= 15 is 0 Å². The molecule has 0 aliphatic heterocycles. The van der Waals surface area contributed by atoms with Crippen LogP contribution < -0.4 is 5.73 Å². The summed E-state index contributed by atoms with van der Waals surface area (Å²) in [7, 11) is 1.52. The van der Waals surface area contributed by atoms with Crippen LogP contribution in [-0.2, 0) is 17.6 Å². The zero-order chi connectivity index (χ0) is 15.5. The zero-order valence-electron chi connectivity index (χ0n) is 12.4. The predicted octanol–water partition coefficient (Wildman–Crippen LogP) is 2.71. The number of aromatic nitrogens is 1. The second kappa shape index (κ2) is 6.13. The molecule has 22 heavy (non-hydrogen) atoms. The molecule has 0 bridgehead atoms. The summed E-state index contributed by atoms with van der Waals surface area (Å²) in [6, 6.07) is 9.80. The van der Waals surface area contributed by atoms with E-state index < -0.39 is 5.95 Å². The standard InChI is InChI=1S/C17H18FN3O/c1-22-17(19)21-13-5-6-15-11(9-13)3-2-4-14(15)12-7-8-20-16(18)10-12/h2-4,7-8,10,13H,5-6,9H2,1H3,(H2,19,21). The Morgan fingerprint density at radius 3 is 3.05 bits per heavy atom. The minimum atomic E-state index is -0.457. The maximum Gasteiger partial charge on any atom is 0.281 e. The van der Waals surface area contributed by atoms with E-state index in [-0.39, 0.29) is 12.1 Å². The molecule has 1 heterocycles. The number of nitrogens with zero attached hydrogens (tertiary/aromatic N) is 2. The second-order valence-electron chi connectivity index (χ2n) is 5.38. The maximum atomic E-state index is 13.4. The first-order chi connectivity index (χ1) is 10.7. The molecule has 0 saturated carbocycles. The first-order valence-corrected chi connectivity index (χ1v) is 7.27. The molecule has 5 heteroatoms. The summed E-state index contributed by atoms with van der Waals surface area (Å²) in [6.45, 7) is 0. The molecule has 0 amide bonds. The highest BCUT2D eigenvalue weighted by atomic mass is 19.1. The van der Waals surface area contributed by atoms with Crippen molar-refractivity contribution in [2.45, 2.75) is 25.3 Å². The minimum absolute atomic E-state index is 0.136. The lowest BCUT2D eigenvalue weighted by Gasteiger charge is -2.24. The molecule has 2 N–H and O–H groups in total. The number of nitrogens with two attached hydrogens (primary N) is 1. The SMILES string of the molecule is COC(N)=NC1CCc2c(cccc2-c2ccnc(F)c2)C1. The van der Waals surface area contributed by atoms with Gasteiger partial charge in [-0.15, -0.1) is 0 Å². The fraction of sp³-hybridized carbons (Fsp3) is 0.294. The number of hydrogen-bond acceptors (Lipinski definition) is 3. The maximum absolute atomic E-state index is 13.4. The molecule has 1 unspecified atom stereocenters. The fourth-order valence-electron chi connectivity index (χ4n) is 2.97. The number of halogens is 1. The van der Waals surface area contributed by atoms with Gasteiger partial charge in [-0.2, -0.15) is 4.39 Å². The molecule has 0 radical (unpaired) electrons. The Labute approximate surface area is 128 Å². The van der Waals surface area contributed by atoms with Gasteiger partial charge in [0.15, 0.2) is 0 Å². The van der Waals surface area contributed by atoms with Crippen LogP contribution in [0.15, 0.2) is 41.5 Å². The van der Waals surface area contributed by atoms with Gasteiger partial charge in [0.25, 0.3) is 6.02 Å². The van der Waals surface area contributed by atoms with Gasteiger partial charge in [0.05, 0.1) is 13.2 Å². The summed E-state index contributed by atoms with van der Waals surface area (Å²) in [4.78, 5) is 7.99. The van der Waals surface area contributed by atoms with E-state index in [1.165, 1.54) is 30.5 Å². The summed E-state index contributed by atoms with van der Waals surface area (Å²) in [5.74, 6) is -0.457. The quantitative estimate of drug-likeness (QED) is 0.527. The number of ether oxygens (including phenoxy) is 1. The van der Waals surface area contributed by atoms with Crippen LogP contribution in [0.1, 0.15) is 17.5 Å². The number of aliphatic imine (C=N–C) groups is 1. The average Bonchev–Trinajstić information content (AvgIpc) is 2.54. The van der Waals surface area contributed by atoms with E-state index in [2.05, 4.69) is 16.0 Å². The van der Waals surface area contributed by atoms with Crippen LogP contribution >= 0.6 is 0 Å². The van der Waals surface area contributed by atoms with Gasteiger partial charge in [0.2, 0.25) is 5.95 Å². The van der Waals surface area contributed by atoms with Crippen molar-refractivity contribution >= 4 is 6.02 Å². The van der Waals surface area contributed by atoms with Gasteiger partial charge >= 0.3 is 0 Å². The number of pyridine rings is 1. The van der Waals surface area contributed by atoms with E-state index in [9.17, 15) is 4.39 Å². The zero-order valence-corrected chi connectivity index (χ0v) is 12.4. The Hall–Kier alpha value is -2.43. The predicted molar refractivity (Wildman–Crippen MR) is 84.1 cm³/mol. The van der Waals surface area contributed by atoms with Crippen molar-refractivity contribution in [1.29, 1.82) is 0 Å². The Bertz CT molecular complexity index is 715. The summed E-state index contributed by atoms with van der Waals surface area (Å²) in [5, 5.41) is 0. The van der Waals surface area contributed by atoms with Gasteiger partial charge in [-0.25, -0.2) is 9.98 Å². The van der Waals surface area contributed by atoms with Crippen LogP contribution in [0.4, 0.5) is 4.39 Å². The highest BCUT2D eigenvalue weighted by Gasteiger charge is 2.21. The van der Waals surface area contributed by atoms with Gasteiger partial charge in [0.1, 0.15) is 0 Å². The number of rotatable bonds is 2. The minimum Gasteiger partial charge on any atom is -0.469 e. The fourth-order valence-corrected chi connectivity index (χ4v) is 2.97. The van der Waals surface area contributed by atoms with Crippen molar-refractivity contribution < 1.29 is 9.13 Å². The third-order valence-corrected chi connectivity index (χ3v) is 4.01. The van der Waals surface area contributed by atoms with Gasteiger partial charge < -0.3 is 10.5 Å². The van der Waals surface area contributed by atoms with Crippen molar-refractivity contribution in [2.75, 3.05) is 7.11 Å². The van der Waals surface area contributed by atoms with E-state index in [1.54, 1.807) is 0 Å². The molecule has 114 valence electrons. The molecule has 1 aliphatic carbocycles. The van der Waals surface area contributed by atoms with Crippen molar-refractivity contribution in [3.8, 4) is 11.1 Å². The summed E-state index contributed by atoms with van der Waals surface area (Å²) < 4.78 is 18.3. The molecule has 0 spiro atoms. The second-order valence-corrected chi connectivity index (χ2v) is 5.38. The van der Waals surface area contributed by atoms with E-state index in [4.69, 9.17) is 10.5 Å². The molecule has 1 aliphatic rings. The molecular weight excluding hydrogens is 281 g/mol.